The monoisotopic (exact) mass is 291 g/mol. The lowest BCUT2D eigenvalue weighted by Gasteiger charge is -2.23. The normalized spacial score (nSPS) is 17.9. The summed E-state index contributed by atoms with van der Waals surface area (Å²) in [4.78, 5) is 33.8. The van der Waals surface area contributed by atoms with Crippen LogP contribution in [0.4, 0.5) is 0 Å². The molecule has 1 aliphatic rings. The maximum Gasteiger partial charge on any atom is 0.307 e. The van der Waals surface area contributed by atoms with E-state index >= 15 is 0 Å². The molecule has 21 heavy (non-hydrogen) atoms. The van der Waals surface area contributed by atoms with E-state index in [4.69, 9.17) is 5.11 Å². The first-order valence-corrected chi connectivity index (χ1v) is 6.62. The number of carbonyl (C=O) groups excluding carboxylic acids is 2. The van der Waals surface area contributed by atoms with Crippen LogP contribution in [0.1, 0.15) is 11.1 Å². The van der Waals surface area contributed by atoms with E-state index in [1.807, 2.05) is 0 Å². The largest absolute Gasteiger partial charge is 0.481 e. The number of hydrogen-bond acceptors (Lipinski definition) is 4. The molecule has 0 aromatic heterocycles. The van der Waals surface area contributed by atoms with E-state index in [1.54, 1.807) is 24.3 Å². The number of carboxylic acid groups (broad SMARTS) is 1. The van der Waals surface area contributed by atoms with Crippen molar-refractivity contribution in [2.45, 2.75) is 19.0 Å². The van der Waals surface area contributed by atoms with Crippen LogP contribution in [0, 0.1) is 0 Å². The molecular weight excluding hydrogens is 274 g/mol. The van der Waals surface area contributed by atoms with E-state index in [9.17, 15) is 14.4 Å². The van der Waals surface area contributed by atoms with Crippen molar-refractivity contribution in [3.05, 3.63) is 35.4 Å². The highest BCUT2D eigenvalue weighted by Gasteiger charge is 2.23. The molecule has 1 heterocycles. The molecule has 2 amide bonds. The van der Waals surface area contributed by atoms with Crippen molar-refractivity contribution >= 4 is 17.8 Å². The molecule has 4 N–H and O–H groups in total. The Hall–Kier alpha value is -2.41. The van der Waals surface area contributed by atoms with Gasteiger partial charge in [-0.15, -0.1) is 0 Å². The Balaban J connectivity index is 1.92. The summed E-state index contributed by atoms with van der Waals surface area (Å²) in [6.07, 6.45) is -0.0796. The molecule has 1 fully saturated rings. The van der Waals surface area contributed by atoms with Crippen LogP contribution in [0.2, 0.25) is 0 Å². The Morgan fingerprint density at radius 1 is 1.29 bits per heavy atom. The standard InChI is InChI=1S/C14H17N3O4/c18-12-8-15-11(7-16-12)14(21)17-6-10-4-2-1-3-9(10)5-13(19)20/h1-4,11,15H,5-8H2,(H,16,18)(H,17,21)(H,19,20). The number of rotatable bonds is 5. The van der Waals surface area contributed by atoms with Crippen molar-refractivity contribution < 1.29 is 19.5 Å². The Morgan fingerprint density at radius 3 is 2.62 bits per heavy atom. The second kappa shape index (κ2) is 6.85. The van der Waals surface area contributed by atoms with Gasteiger partial charge in [0.2, 0.25) is 11.8 Å². The van der Waals surface area contributed by atoms with Crippen molar-refractivity contribution in [2.24, 2.45) is 0 Å². The van der Waals surface area contributed by atoms with Gasteiger partial charge >= 0.3 is 5.97 Å². The van der Waals surface area contributed by atoms with E-state index in [-0.39, 0.29) is 37.9 Å². The molecular formula is C14H17N3O4. The smallest absolute Gasteiger partial charge is 0.307 e. The minimum atomic E-state index is -0.912. The number of carboxylic acids is 1. The average molecular weight is 291 g/mol. The van der Waals surface area contributed by atoms with Crippen molar-refractivity contribution in [1.82, 2.24) is 16.0 Å². The molecule has 112 valence electrons. The van der Waals surface area contributed by atoms with Crippen LogP contribution in [0.25, 0.3) is 0 Å². The summed E-state index contributed by atoms with van der Waals surface area (Å²) in [6, 6.07) is 6.62. The van der Waals surface area contributed by atoms with Gasteiger partial charge in [-0.1, -0.05) is 24.3 Å². The molecule has 0 saturated carbocycles. The van der Waals surface area contributed by atoms with Gasteiger partial charge in [-0.2, -0.15) is 0 Å². The van der Waals surface area contributed by atoms with Crippen molar-refractivity contribution in [3.63, 3.8) is 0 Å². The second-order valence-corrected chi connectivity index (χ2v) is 4.79. The lowest BCUT2D eigenvalue weighted by molar-refractivity contribution is -0.136. The van der Waals surface area contributed by atoms with Crippen LogP contribution >= 0.6 is 0 Å². The van der Waals surface area contributed by atoms with E-state index in [0.717, 1.165) is 5.56 Å². The highest BCUT2D eigenvalue weighted by Crippen LogP contribution is 2.09. The summed E-state index contributed by atoms with van der Waals surface area (Å²) in [7, 11) is 0. The molecule has 0 bridgehead atoms. The highest BCUT2D eigenvalue weighted by molar-refractivity contribution is 5.86. The summed E-state index contributed by atoms with van der Waals surface area (Å²) in [5, 5.41) is 17.1. The molecule has 0 radical (unpaired) electrons. The van der Waals surface area contributed by atoms with E-state index in [2.05, 4.69) is 16.0 Å². The lowest BCUT2D eigenvalue weighted by atomic mass is 10.0. The van der Waals surface area contributed by atoms with Gasteiger partial charge < -0.3 is 15.7 Å². The van der Waals surface area contributed by atoms with Gasteiger partial charge in [0.15, 0.2) is 0 Å². The lowest BCUT2D eigenvalue weighted by Crippen LogP contribution is -2.57. The number of hydrogen-bond donors (Lipinski definition) is 4. The fraction of sp³-hybridized carbons (Fsp3) is 0.357. The number of benzene rings is 1. The number of nitrogens with one attached hydrogen (secondary N) is 3. The SMILES string of the molecule is O=C(O)Cc1ccccc1CNC(=O)C1CNC(=O)CN1. The zero-order valence-electron chi connectivity index (χ0n) is 11.4. The van der Waals surface area contributed by atoms with Crippen molar-refractivity contribution in [3.8, 4) is 0 Å². The van der Waals surface area contributed by atoms with Crippen LogP contribution in [0.15, 0.2) is 24.3 Å². The fourth-order valence-electron chi connectivity index (χ4n) is 2.12. The molecule has 1 saturated heterocycles. The van der Waals surface area contributed by atoms with Crippen LogP contribution in [-0.2, 0) is 27.3 Å². The van der Waals surface area contributed by atoms with Crippen LogP contribution < -0.4 is 16.0 Å². The number of aliphatic carboxylic acids is 1. The molecule has 1 aromatic rings. The van der Waals surface area contributed by atoms with Crippen molar-refractivity contribution in [1.29, 1.82) is 0 Å². The molecule has 1 aromatic carbocycles. The first-order valence-electron chi connectivity index (χ1n) is 6.62. The number of piperazine rings is 1. The molecule has 2 rings (SSSR count). The Kier molecular flexibility index (Phi) is 4.89. The quantitative estimate of drug-likeness (QED) is 0.557. The molecule has 1 atom stereocenters. The molecule has 1 aliphatic heterocycles. The molecule has 1 unspecified atom stereocenters. The second-order valence-electron chi connectivity index (χ2n) is 4.79. The van der Waals surface area contributed by atoms with E-state index < -0.39 is 12.0 Å². The molecule has 7 heteroatoms. The summed E-state index contributed by atoms with van der Waals surface area (Å²) in [5.74, 6) is -1.27. The zero-order valence-corrected chi connectivity index (χ0v) is 11.4. The summed E-state index contributed by atoms with van der Waals surface area (Å²) in [6.45, 7) is 0.629. The van der Waals surface area contributed by atoms with E-state index in [0.29, 0.717) is 5.56 Å². The third-order valence-electron chi connectivity index (χ3n) is 3.24. The number of amides is 2. The van der Waals surface area contributed by atoms with Gasteiger partial charge in [0, 0.05) is 13.1 Å². The minimum absolute atomic E-state index is 0.0796. The highest BCUT2D eigenvalue weighted by atomic mass is 16.4. The Labute approximate surface area is 121 Å². The van der Waals surface area contributed by atoms with Gasteiger partial charge in [0.25, 0.3) is 0 Å². The summed E-state index contributed by atoms with van der Waals surface area (Å²) >= 11 is 0. The first-order chi connectivity index (χ1) is 10.1. The van der Waals surface area contributed by atoms with Gasteiger partial charge in [0.1, 0.15) is 6.04 Å². The third kappa shape index (κ3) is 4.28. The summed E-state index contributed by atoms with van der Waals surface area (Å²) in [5.41, 5.74) is 1.45. The third-order valence-corrected chi connectivity index (χ3v) is 3.24. The average Bonchev–Trinajstić information content (AvgIpc) is 2.46. The van der Waals surface area contributed by atoms with Crippen LogP contribution in [0.3, 0.4) is 0 Å². The summed E-state index contributed by atoms with van der Waals surface area (Å²) < 4.78 is 0. The van der Waals surface area contributed by atoms with Crippen molar-refractivity contribution in [2.75, 3.05) is 13.1 Å². The fourth-order valence-corrected chi connectivity index (χ4v) is 2.12. The Morgan fingerprint density at radius 2 is 2.00 bits per heavy atom. The van der Waals surface area contributed by atoms with Gasteiger partial charge in [-0.25, -0.2) is 0 Å². The van der Waals surface area contributed by atoms with Crippen LogP contribution in [-0.4, -0.2) is 42.0 Å². The first kappa shape index (κ1) is 15.0. The zero-order chi connectivity index (χ0) is 15.2. The molecule has 0 aliphatic carbocycles. The predicted molar refractivity (Wildman–Crippen MR) is 74.4 cm³/mol. The topological polar surface area (TPSA) is 108 Å². The van der Waals surface area contributed by atoms with Gasteiger partial charge in [-0.05, 0) is 11.1 Å². The Bertz CT molecular complexity index is 549. The van der Waals surface area contributed by atoms with Gasteiger partial charge in [-0.3, -0.25) is 19.7 Å². The van der Waals surface area contributed by atoms with E-state index in [1.165, 1.54) is 0 Å². The van der Waals surface area contributed by atoms with Gasteiger partial charge in [0.05, 0.1) is 13.0 Å². The van der Waals surface area contributed by atoms with Crippen LogP contribution in [0.5, 0.6) is 0 Å². The molecule has 0 spiro atoms. The maximum atomic E-state index is 12.0. The number of carbonyl (C=O) groups is 3. The molecule has 7 nitrogen and oxygen atoms in total. The maximum absolute atomic E-state index is 12.0. The predicted octanol–water partition coefficient (Wildman–Crippen LogP) is -0.982. The minimum Gasteiger partial charge on any atom is -0.481 e.